The fourth-order valence-electron chi connectivity index (χ4n) is 0.851. The van der Waals surface area contributed by atoms with Crippen molar-refractivity contribution in [2.45, 2.75) is 20.4 Å². The second-order valence-electron chi connectivity index (χ2n) is 2.80. The van der Waals surface area contributed by atoms with Gasteiger partial charge in [0.05, 0.1) is 0 Å². The van der Waals surface area contributed by atoms with Crippen molar-refractivity contribution in [3.8, 4) is 6.07 Å². The van der Waals surface area contributed by atoms with Crippen LogP contribution in [0.25, 0.3) is 0 Å². The molecule has 0 aliphatic heterocycles. The SMILES string of the molecule is CC(C)=CCn1ccnc1C#N. The zero-order chi connectivity index (χ0) is 8.97. The summed E-state index contributed by atoms with van der Waals surface area (Å²) >= 11 is 0. The Kier molecular flexibility index (Phi) is 2.65. The van der Waals surface area contributed by atoms with Gasteiger partial charge in [0, 0.05) is 18.9 Å². The second kappa shape index (κ2) is 3.72. The van der Waals surface area contributed by atoms with Gasteiger partial charge in [0.15, 0.2) is 0 Å². The van der Waals surface area contributed by atoms with E-state index in [4.69, 9.17) is 5.26 Å². The minimum atomic E-state index is 0.465. The van der Waals surface area contributed by atoms with Crippen LogP contribution >= 0.6 is 0 Å². The Hall–Kier alpha value is -1.56. The topological polar surface area (TPSA) is 41.6 Å². The summed E-state index contributed by atoms with van der Waals surface area (Å²) in [6, 6.07) is 2.02. The fraction of sp³-hybridized carbons (Fsp3) is 0.333. The Balaban J connectivity index is 2.77. The first kappa shape index (κ1) is 8.54. The van der Waals surface area contributed by atoms with Gasteiger partial charge in [-0.3, -0.25) is 0 Å². The lowest BCUT2D eigenvalue weighted by molar-refractivity contribution is 0.798. The maximum absolute atomic E-state index is 8.62. The van der Waals surface area contributed by atoms with Crippen molar-refractivity contribution < 1.29 is 0 Å². The van der Waals surface area contributed by atoms with Gasteiger partial charge < -0.3 is 4.57 Å². The molecule has 0 saturated heterocycles. The summed E-state index contributed by atoms with van der Waals surface area (Å²) in [5.41, 5.74) is 1.24. The summed E-state index contributed by atoms with van der Waals surface area (Å²) in [6.45, 7) is 4.79. The van der Waals surface area contributed by atoms with Gasteiger partial charge in [0.2, 0.25) is 5.82 Å². The monoisotopic (exact) mass is 161 g/mol. The molecule has 62 valence electrons. The van der Waals surface area contributed by atoms with E-state index in [1.165, 1.54) is 5.57 Å². The lowest BCUT2D eigenvalue weighted by Crippen LogP contribution is -1.97. The quantitative estimate of drug-likeness (QED) is 0.620. The van der Waals surface area contributed by atoms with Gasteiger partial charge in [-0.1, -0.05) is 11.6 Å². The van der Waals surface area contributed by atoms with Gasteiger partial charge in [0.1, 0.15) is 6.07 Å². The molecule has 0 spiro atoms. The minimum absolute atomic E-state index is 0.465. The molecule has 0 amide bonds. The van der Waals surface area contributed by atoms with Gasteiger partial charge >= 0.3 is 0 Å². The van der Waals surface area contributed by atoms with Crippen molar-refractivity contribution in [1.29, 1.82) is 5.26 Å². The summed E-state index contributed by atoms with van der Waals surface area (Å²) < 4.78 is 1.81. The maximum Gasteiger partial charge on any atom is 0.213 e. The molecule has 0 fully saturated rings. The standard InChI is InChI=1S/C9H11N3/c1-8(2)3-5-12-6-4-11-9(12)7-10/h3-4,6H,5H2,1-2H3. The summed E-state index contributed by atoms with van der Waals surface area (Å²) in [6.07, 6.45) is 5.50. The van der Waals surface area contributed by atoms with E-state index in [9.17, 15) is 0 Å². The van der Waals surface area contributed by atoms with Crippen LogP contribution in [0.2, 0.25) is 0 Å². The van der Waals surface area contributed by atoms with Crippen LogP contribution in [0.1, 0.15) is 19.7 Å². The van der Waals surface area contributed by atoms with Gasteiger partial charge in [-0.25, -0.2) is 4.98 Å². The molecule has 0 aliphatic carbocycles. The molecular formula is C9H11N3. The number of hydrogen-bond donors (Lipinski definition) is 0. The van der Waals surface area contributed by atoms with Crippen molar-refractivity contribution in [2.75, 3.05) is 0 Å². The Bertz CT molecular complexity index is 324. The van der Waals surface area contributed by atoms with E-state index >= 15 is 0 Å². The van der Waals surface area contributed by atoms with Gasteiger partial charge in [-0.05, 0) is 13.8 Å². The predicted octanol–water partition coefficient (Wildman–Crippen LogP) is 1.72. The van der Waals surface area contributed by atoms with Gasteiger partial charge in [-0.2, -0.15) is 5.26 Å². The molecule has 0 radical (unpaired) electrons. The van der Waals surface area contributed by atoms with E-state index in [2.05, 4.69) is 11.1 Å². The second-order valence-corrected chi connectivity index (χ2v) is 2.80. The molecule has 0 unspecified atom stereocenters. The summed E-state index contributed by atoms with van der Waals surface area (Å²) in [4.78, 5) is 3.89. The van der Waals surface area contributed by atoms with Crippen molar-refractivity contribution in [3.63, 3.8) is 0 Å². The number of hydrogen-bond acceptors (Lipinski definition) is 2. The highest BCUT2D eigenvalue weighted by atomic mass is 15.0. The molecule has 3 nitrogen and oxygen atoms in total. The molecule has 0 atom stereocenters. The van der Waals surface area contributed by atoms with Crippen LogP contribution in [0.4, 0.5) is 0 Å². The van der Waals surface area contributed by atoms with Crippen molar-refractivity contribution >= 4 is 0 Å². The Morgan fingerprint density at radius 2 is 2.50 bits per heavy atom. The van der Waals surface area contributed by atoms with Crippen molar-refractivity contribution in [2.24, 2.45) is 0 Å². The number of rotatable bonds is 2. The summed E-state index contributed by atoms with van der Waals surface area (Å²) in [5.74, 6) is 0.465. The summed E-state index contributed by atoms with van der Waals surface area (Å²) in [5, 5.41) is 8.62. The van der Waals surface area contributed by atoms with Crippen LogP contribution in [-0.2, 0) is 6.54 Å². The lowest BCUT2D eigenvalue weighted by atomic mass is 10.3. The van der Waals surface area contributed by atoms with Gasteiger partial charge in [-0.15, -0.1) is 0 Å². The molecular weight excluding hydrogens is 150 g/mol. The number of nitrogens with zero attached hydrogens (tertiary/aromatic N) is 3. The smallest absolute Gasteiger partial charge is 0.213 e. The average Bonchev–Trinajstić information content (AvgIpc) is 2.47. The molecule has 0 aliphatic rings. The molecule has 1 rings (SSSR count). The van der Waals surface area contributed by atoms with Crippen LogP contribution in [0, 0.1) is 11.3 Å². The van der Waals surface area contributed by atoms with Crippen molar-refractivity contribution in [3.05, 3.63) is 29.9 Å². The molecule has 1 aromatic rings. The van der Waals surface area contributed by atoms with Crippen LogP contribution < -0.4 is 0 Å². The van der Waals surface area contributed by atoms with Crippen molar-refractivity contribution in [1.82, 2.24) is 9.55 Å². The third-order valence-corrected chi connectivity index (χ3v) is 1.51. The molecule has 1 aromatic heterocycles. The molecule has 3 heteroatoms. The fourth-order valence-corrected chi connectivity index (χ4v) is 0.851. The first-order valence-corrected chi connectivity index (χ1v) is 3.78. The first-order chi connectivity index (χ1) is 5.74. The number of nitriles is 1. The number of allylic oxidation sites excluding steroid dienone is 2. The van der Waals surface area contributed by atoms with E-state index < -0.39 is 0 Å². The van der Waals surface area contributed by atoms with Crippen LogP contribution in [0.3, 0.4) is 0 Å². The van der Waals surface area contributed by atoms with Gasteiger partial charge in [0.25, 0.3) is 0 Å². The lowest BCUT2D eigenvalue weighted by Gasteiger charge is -1.97. The van der Waals surface area contributed by atoms with E-state index in [-0.39, 0.29) is 0 Å². The van der Waals surface area contributed by atoms with E-state index in [0.717, 1.165) is 6.54 Å². The average molecular weight is 161 g/mol. The molecule has 0 aromatic carbocycles. The highest BCUT2D eigenvalue weighted by molar-refractivity contribution is 5.12. The largest absolute Gasteiger partial charge is 0.319 e. The number of imidazole rings is 1. The third-order valence-electron chi connectivity index (χ3n) is 1.51. The van der Waals surface area contributed by atoms with E-state index in [1.807, 2.05) is 24.5 Å². The Labute approximate surface area is 72.0 Å². The first-order valence-electron chi connectivity index (χ1n) is 3.78. The van der Waals surface area contributed by atoms with Crippen LogP contribution in [-0.4, -0.2) is 9.55 Å². The zero-order valence-electron chi connectivity index (χ0n) is 7.28. The highest BCUT2D eigenvalue weighted by Gasteiger charge is 1.97. The minimum Gasteiger partial charge on any atom is -0.319 e. The third kappa shape index (κ3) is 1.96. The predicted molar refractivity (Wildman–Crippen MR) is 46.4 cm³/mol. The maximum atomic E-state index is 8.62. The number of aromatic nitrogens is 2. The summed E-state index contributed by atoms with van der Waals surface area (Å²) in [7, 11) is 0. The zero-order valence-corrected chi connectivity index (χ0v) is 7.28. The van der Waals surface area contributed by atoms with Crippen LogP contribution in [0.5, 0.6) is 0 Å². The Morgan fingerprint density at radius 1 is 1.75 bits per heavy atom. The molecule has 0 bridgehead atoms. The van der Waals surface area contributed by atoms with E-state index in [1.54, 1.807) is 12.4 Å². The normalized spacial score (nSPS) is 9.08. The molecule has 0 N–H and O–H groups in total. The Morgan fingerprint density at radius 3 is 3.08 bits per heavy atom. The molecule has 1 heterocycles. The van der Waals surface area contributed by atoms with E-state index in [0.29, 0.717) is 5.82 Å². The molecule has 12 heavy (non-hydrogen) atoms. The molecule has 0 saturated carbocycles. The van der Waals surface area contributed by atoms with Crippen LogP contribution in [0.15, 0.2) is 24.0 Å². The highest BCUT2D eigenvalue weighted by Crippen LogP contribution is 1.97.